The van der Waals surface area contributed by atoms with Crippen molar-refractivity contribution in [2.45, 2.75) is 40.2 Å². The highest BCUT2D eigenvalue weighted by molar-refractivity contribution is 5.86. The lowest BCUT2D eigenvalue weighted by molar-refractivity contribution is -0.127. The number of unbranched alkanes of at least 4 members (excludes halogenated alkanes) is 1. The molecule has 0 aliphatic carbocycles. The maximum atomic E-state index is 11.7. The van der Waals surface area contributed by atoms with Crippen LogP contribution in [-0.4, -0.2) is 53.7 Å². The van der Waals surface area contributed by atoms with E-state index in [0.29, 0.717) is 12.5 Å². The van der Waals surface area contributed by atoms with Crippen molar-refractivity contribution < 1.29 is 4.79 Å². The molecule has 130 valence electrons. The molecule has 0 unspecified atom stereocenters. The first-order valence-electron chi connectivity index (χ1n) is 8.08. The lowest BCUT2D eigenvalue weighted by atomic mass is 10.2. The summed E-state index contributed by atoms with van der Waals surface area (Å²) >= 11 is 0. The molecule has 0 saturated carbocycles. The Morgan fingerprint density at radius 2 is 2.00 bits per heavy atom. The van der Waals surface area contributed by atoms with Gasteiger partial charge in [-0.15, -0.1) is 0 Å². The second-order valence-corrected chi connectivity index (χ2v) is 5.86. The number of aliphatic imine (C=N–C) groups is 1. The van der Waals surface area contributed by atoms with E-state index < -0.39 is 0 Å². The van der Waals surface area contributed by atoms with Crippen LogP contribution in [0.3, 0.4) is 0 Å². The van der Waals surface area contributed by atoms with Gasteiger partial charge in [0.15, 0.2) is 5.96 Å². The van der Waals surface area contributed by atoms with E-state index in [1.807, 2.05) is 25.6 Å². The molecule has 0 radical (unpaired) electrons. The van der Waals surface area contributed by atoms with Crippen molar-refractivity contribution in [1.82, 2.24) is 25.3 Å². The fraction of sp³-hybridized carbons (Fsp3) is 0.688. The van der Waals surface area contributed by atoms with E-state index >= 15 is 0 Å². The van der Waals surface area contributed by atoms with Crippen molar-refractivity contribution in [2.24, 2.45) is 12.0 Å². The molecule has 0 atom stereocenters. The van der Waals surface area contributed by atoms with Crippen LogP contribution < -0.4 is 10.6 Å². The number of nitrogens with zero attached hydrogens (tertiary/aromatic N) is 4. The third-order valence-corrected chi connectivity index (χ3v) is 3.78. The monoisotopic (exact) mass is 322 g/mol. The minimum absolute atomic E-state index is 0.0173. The number of likely N-dealkylation sites (N-methyl/N-ethyl adjacent to an activating group) is 1. The highest BCUT2D eigenvalue weighted by atomic mass is 16.2. The summed E-state index contributed by atoms with van der Waals surface area (Å²) < 4.78 is 1.87. The summed E-state index contributed by atoms with van der Waals surface area (Å²) in [5.74, 6) is 0.681. The minimum atomic E-state index is 0.0173. The van der Waals surface area contributed by atoms with Crippen molar-refractivity contribution in [3.8, 4) is 0 Å². The number of carbonyl (C=O) groups excluding carboxylic acids is 1. The van der Waals surface area contributed by atoms with Gasteiger partial charge >= 0.3 is 0 Å². The Labute approximate surface area is 139 Å². The van der Waals surface area contributed by atoms with Crippen LogP contribution in [0.25, 0.3) is 0 Å². The van der Waals surface area contributed by atoms with Gasteiger partial charge in [-0.2, -0.15) is 5.10 Å². The number of hydrogen-bond donors (Lipinski definition) is 2. The van der Waals surface area contributed by atoms with Gasteiger partial charge in [0.25, 0.3) is 0 Å². The van der Waals surface area contributed by atoms with Gasteiger partial charge < -0.3 is 15.5 Å². The maximum absolute atomic E-state index is 11.7. The molecule has 0 saturated heterocycles. The number of nitrogens with one attached hydrogen (secondary N) is 2. The van der Waals surface area contributed by atoms with E-state index in [2.05, 4.69) is 27.6 Å². The number of aromatic nitrogens is 2. The van der Waals surface area contributed by atoms with E-state index in [0.717, 1.165) is 36.3 Å². The van der Waals surface area contributed by atoms with Gasteiger partial charge in [0.05, 0.1) is 18.8 Å². The molecule has 0 bridgehead atoms. The molecule has 23 heavy (non-hydrogen) atoms. The molecule has 1 amide bonds. The van der Waals surface area contributed by atoms with Crippen molar-refractivity contribution in [3.05, 3.63) is 17.0 Å². The standard InChI is InChI=1S/C16H30N6O/c1-7-8-9-17-16(19-11-15(23)21(4)5)18-10-14-12(2)20-22(6)13(14)3/h7-11H2,1-6H3,(H2,17,18,19). The molecule has 1 heterocycles. The zero-order chi connectivity index (χ0) is 17.4. The number of rotatable bonds is 7. The Morgan fingerprint density at radius 1 is 1.30 bits per heavy atom. The first kappa shape index (κ1) is 19.0. The Balaban J connectivity index is 2.74. The molecule has 0 aliphatic rings. The van der Waals surface area contributed by atoms with Crippen LogP contribution in [-0.2, 0) is 18.4 Å². The van der Waals surface area contributed by atoms with E-state index in [-0.39, 0.29) is 12.5 Å². The van der Waals surface area contributed by atoms with Gasteiger partial charge in [-0.05, 0) is 20.3 Å². The molecular formula is C16H30N6O. The first-order valence-corrected chi connectivity index (χ1v) is 8.08. The summed E-state index contributed by atoms with van der Waals surface area (Å²) in [4.78, 5) is 17.9. The van der Waals surface area contributed by atoms with Crippen LogP contribution in [0, 0.1) is 13.8 Å². The third kappa shape index (κ3) is 5.92. The summed E-state index contributed by atoms with van der Waals surface area (Å²) in [6.45, 7) is 7.79. The quantitative estimate of drug-likeness (QED) is 0.445. The van der Waals surface area contributed by atoms with Crippen LogP contribution in [0.4, 0.5) is 0 Å². The molecule has 7 heteroatoms. The van der Waals surface area contributed by atoms with Crippen LogP contribution in [0.2, 0.25) is 0 Å². The summed E-state index contributed by atoms with van der Waals surface area (Å²) in [5, 5.41) is 10.8. The molecule has 0 spiro atoms. The second kappa shape index (κ2) is 9.17. The zero-order valence-corrected chi connectivity index (χ0v) is 15.2. The van der Waals surface area contributed by atoms with E-state index in [4.69, 9.17) is 0 Å². The van der Waals surface area contributed by atoms with Crippen molar-refractivity contribution >= 4 is 11.9 Å². The largest absolute Gasteiger partial charge is 0.356 e. The van der Waals surface area contributed by atoms with Crippen LogP contribution in [0.15, 0.2) is 4.99 Å². The smallest absolute Gasteiger partial charge is 0.241 e. The highest BCUT2D eigenvalue weighted by Crippen LogP contribution is 2.12. The van der Waals surface area contributed by atoms with E-state index in [1.165, 1.54) is 0 Å². The third-order valence-electron chi connectivity index (χ3n) is 3.78. The number of amides is 1. The van der Waals surface area contributed by atoms with E-state index in [1.54, 1.807) is 19.0 Å². The predicted octanol–water partition coefficient (Wildman–Crippen LogP) is 0.960. The minimum Gasteiger partial charge on any atom is -0.356 e. The Morgan fingerprint density at radius 3 is 2.52 bits per heavy atom. The second-order valence-electron chi connectivity index (χ2n) is 5.86. The van der Waals surface area contributed by atoms with Crippen molar-refractivity contribution in [2.75, 3.05) is 27.2 Å². The Kier molecular flexibility index (Phi) is 7.57. The fourth-order valence-electron chi connectivity index (χ4n) is 2.08. The molecular weight excluding hydrogens is 292 g/mol. The number of carbonyl (C=O) groups is 1. The Bertz CT molecular complexity index is 547. The summed E-state index contributed by atoms with van der Waals surface area (Å²) in [6, 6.07) is 0. The number of hydrogen-bond acceptors (Lipinski definition) is 3. The molecule has 1 aromatic rings. The number of aryl methyl sites for hydroxylation is 2. The average Bonchev–Trinajstić information content (AvgIpc) is 2.74. The van der Waals surface area contributed by atoms with E-state index in [9.17, 15) is 4.79 Å². The zero-order valence-electron chi connectivity index (χ0n) is 15.2. The maximum Gasteiger partial charge on any atom is 0.241 e. The molecule has 2 N–H and O–H groups in total. The van der Waals surface area contributed by atoms with Gasteiger partial charge in [0.2, 0.25) is 5.91 Å². The van der Waals surface area contributed by atoms with Gasteiger partial charge in [-0.25, -0.2) is 4.99 Å². The van der Waals surface area contributed by atoms with Crippen LogP contribution in [0.5, 0.6) is 0 Å². The molecule has 0 aromatic carbocycles. The topological polar surface area (TPSA) is 74.5 Å². The molecule has 0 aliphatic heterocycles. The fourth-order valence-corrected chi connectivity index (χ4v) is 2.08. The summed E-state index contributed by atoms with van der Waals surface area (Å²) in [6.07, 6.45) is 2.17. The van der Waals surface area contributed by atoms with Gasteiger partial charge in [0, 0.05) is 38.9 Å². The molecule has 0 fully saturated rings. The number of guanidine groups is 1. The van der Waals surface area contributed by atoms with Gasteiger partial charge in [0.1, 0.15) is 0 Å². The van der Waals surface area contributed by atoms with Crippen LogP contribution in [0.1, 0.15) is 36.7 Å². The first-order chi connectivity index (χ1) is 10.9. The van der Waals surface area contributed by atoms with Gasteiger partial charge in [-0.3, -0.25) is 9.48 Å². The van der Waals surface area contributed by atoms with Crippen molar-refractivity contribution in [3.63, 3.8) is 0 Å². The molecule has 1 aromatic heterocycles. The van der Waals surface area contributed by atoms with Crippen molar-refractivity contribution in [1.29, 1.82) is 0 Å². The van der Waals surface area contributed by atoms with Crippen LogP contribution >= 0.6 is 0 Å². The summed E-state index contributed by atoms with van der Waals surface area (Å²) in [5.41, 5.74) is 3.23. The Hall–Kier alpha value is -2.05. The lowest BCUT2D eigenvalue weighted by Gasteiger charge is -2.15. The SMILES string of the molecule is CCCCNC(=NCc1c(C)nn(C)c1C)NCC(=O)N(C)C. The average molecular weight is 322 g/mol. The summed E-state index contributed by atoms with van der Waals surface area (Å²) in [7, 11) is 5.42. The molecule has 1 rings (SSSR count). The predicted molar refractivity (Wildman–Crippen MR) is 93.4 cm³/mol. The molecule has 7 nitrogen and oxygen atoms in total. The highest BCUT2D eigenvalue weighted by Gasteiger charge is 2.10. The lowest BCUT2D eigenvalue weighted by Crippen LogP contribution is -2.43. The normalized spacial score (nSPS) is 11.5. The van der Waals surface area contributed by atoms with Gasteiger partial charge in [-0.1, -0.05) is 13.3 Å².